The van der Waals surface area contributed by atoms with E-state index in [-0.39, 0.29) is 12.2 Å². The molecule has 0 radical (unpaired) electrons. The van der Waals surface area contributed by atoms with Crippen LogP contribution in [0.4, 0.5) is 5.69 Å². The fraction of sp³-hybridized carbons (Fsp3) is 0.0714. The van der Waals surface area contributed by atoms with Crippen molar-refractivity contribution < 1.29 is 24.1 Å². The molecule has 0 saturated heterocycles. The Kier molecular flexibility index (Phi) is 7.80. The highest BCUT2D eigenvalue weighted by Crippen LogP contribution is 2.37. The van der Waals surface area contributed by atoms with Crippen LogP contribution in [0.2, 0.25) is 0 Å². The van der Waals surface area contributed by atoms with E-state index < -0.39 is 5.97 Å². The van der Waals surface area contributed by atoms with Crippen LogP contribution < -0.4 is 14.2 Å². The summed E-state index contributed by atoms with van der Waals surface area (Å²) in [4.78, 5) is 15.5. The lowest BCUT2D eigenvalue weighted by molar-refractivity contribution is 0.0697. The van der Waals surface area contributed by atoms with Crippen LogP contribution in [0, 0.1) is 0 Å². The van der Waals surface area contributed by atoms with Crippen molar-refractivity contribution in [1.29, 1.82) is 0 Å². The van der Waals surface area contributed by atoms with Crippen molar-refractivity contribution in [3.8, 4) is 23.0 Å². The fourth-order valence-electron chi connectivity index (χ4n) is 3.23. The predicted molar refractivity (Wildman–Crippen MR) is 139 cm³/mol. The highest BCUT2D eigenvalue weighted by molar-refractivity contribution is 9.10. The van der Waals surface area contributed by atoms with Crippen molar-refractivity contribution in [2.24, 2.45) is 4.99 Å². The van der Waals surface area contributed by atoms with Gasteiger partial charge in [-0.05, 0) is 87.7 Å². The van der Waals surface area contributed by atoms with E-state index in [4.69, 9.17) is 19.3 Å². The summed E-state index contributed by atoms with van der Waals surface area (Å²) in [6.07, 6.45) is 1.74. The van der Waals surface area contributed by atoms with E-state index in [1.54, 1.807) is 37.6 Å². The molecule has 35 heavy (non-hydrogen) atoms. The lowest BCUT2D eigenvalue weighted by Gasteiger charge is -2.13. The van der Waals surface area contributed by atoms with Gasteiger partial charge in [-0.3, -0.25) is 4.99 Å². The van der Waals surface area contributed by atoms with Gasteiger partial charge in [0.2, 0.25) is 0 Å². The third-order valence-electron chi connectivity index (χ3n) is 5.01. The molecule has 0 aliphatic rings. The van der Waals surface area contributed by atoms with E-state index in [1.165, 1.54) is 0 Å². The fourth-order valence-corrected chi connectivity index (χ4v) is 3.80. The third kappa shape index (κ3) is 6.49. The largest absolute Gasteiger partial charge is 0.493 e. The van der Waals surface area contributed by atoms with Crippen molar-refractivity contribution >= 4 is 33.8 Å². The number of carbonyl (C=O) groups is 1. The summed E-state index contributed by atoms with van der Waals surface area (Å²) in [5, 5.41) is 9.03. The summed E-state index contributed by atoms with van der Waals surface area (Å²) in [5.41, 5.74) is 2.69. The molecule has 0 spiro atoms. The number of aliphatic imine (C=N–C) groups is 1. The standard InChI is InChI=1S/C28H22BrNO5/c1-33-26-16-20(15-25(29)27(26)34-18-19-7-9-21(10-8-19)28(31)32)17-30-22-11-13-24(14-12-22)35-23-5-3-2-4-6-23/h2-17H,18H2,1H3,(H,31,32). The van der Waals surface area contributed by atoms with Crippen LogP contribution in [0.1, 0.15) is 21.5 Å². The molecule has 4 aromatic rings. The number of methoxy groups -OCH3 is 1. The Bertz CT molecular complexity index is 1320. The number of para-hydroxylation sites is 1. The topological polar surface area (TPSA) is 77.3 Å². The van der Waals surface area contributed by atoms with Crippen LogP contribution in [0.15, 0.2) is 100 Å². The third-order valence-corrected chi connectivity index (χ3v) is 5.60. The number of benzene rings is 4. The minimum atomic E-state index is -0.962. The number of carboxylic acid groups (broad SMARTS) is 1. The first kappa shape index (κ1) is 24.0. The second-order valence-corrected chi connectivity index (χ2v) is 8.35. The highest BCUT2D eigenvalue weighted by Gasteiger charge is 2.12. The number of ether oxygens (including phenoxy) is 3. The highest BCUT2D eigenvalue weighted by atomic mass is 79.9. The smallest absolute Gasteiger partial charge is 0.335 e. The maximum Gasteiger partial charge on any atom is 0.335 e. The number of aromatic carboxylic acids is 1. The number of halogens is 1. The summed E-state index contributed by atoms with van der Waals surface area (Å²) in [6.45, 7) is 0.264. The Morgan fingerprint density at radius 1 is 0.943 bits per heavy atom. The molecule has 0 fully saturated rings. The van der Waals surface area contributed by atoms with Crippen LogP contribution in [-0.4, -0.2) is 24.4 Å². The van der Waals surface area contributed by atoms with Gasteiger partial charge in [0.15, 0.2) is 11.5 Å². The minimum absolute atomic E-state index is 0.231. The van der Waals surface area contributed by atoms with Crippen molar-refractivity contribution in [1.82, 2.24) is 0 Å². The van der Waals surface area contributed by atoms with E-state index in [2.05, 4.69) is 20.9 Å². The van der Waals surface area contributed by atoms with Crippen LogP contribution in [0.25, 0.3) is 0 Å². The van der Waals surface area contributed by atoms with E-state index in [0.717, 1.165) is 28.3 Å². The van der Waals surface area contributed by atoms with Crippen LogP contribution >= 0.6 is 15.9 Å². The van der Waals surface area contributed by atoms with E-state index in [0.29, 0.717) is 16.0 Å². The van der Waals surface area contributed by atoms with Crippen LogP contribution in [0.5, 0.6) is 23.0 Å². The Hall–Kier alpha value is -4.10. The summed E-state index contributed by atoms with van der Waals surface area (Å²) in [5.74, 6) is 1.65. The lowest BCUT2D eigenvalue weighted by atomic mass is 10.1. The van der Waals surface area contributed by atoms with Gasteiger partial charge in [0.25, 0.3) is 0 Å². The average Bonchev–Trinajstić information content (AvgIpc) is 2.88. The molecular formula is C28H22BrNO5. The molecule has 0 aliphatic heterocycles. The first-order chi connectivity index (χ1) is 17.0. The molecule has 0 aromatic heterocycles. The molecule has 0 unspecified atom stereocenters. The van der Waals surface area contributed by atoms with Crippen molar-refractivity contribution in [2.45, 2.75) is 6.61 Å². The SMILES string of the molecule is COc1cc(C=Nc2ccc(Oc3ccccc3)cc2)cc(Br)c1OCc1ccc(C(=O)O)cc1. The quantitative estimate of drug-likeness (QED) is 0.229. The predicted octanol–water partition coefficient (Wildman–Crippen LogP) is 7.28. The molecule has 0 saturated carbocycles. The second kappa shape index (κ2) is 11.4. The summed E-state index contributed by atoms with van der Waals surface area (Å²) < 4.78 is 18.0. The Morgan fingerprint density at radius 3 is 2.29 bits per heavy atom. The number of rotatable bonds is 9. The maximum atomic E-state index is 11.0. The summed E-state index contributed by atoms with van der Waals surface area (Å²) in [7, 11) is 1.57. The Balaban J connectivity index is 1.43. The zero-order valence-corrected chi connectivity index (χ0v) is 20.4. The van der Waals surface area contributed by atoms with Gasteiger partial charge in [0.1, 0.15) is 18.1 Å². The molecule has 0 aliphatic carbocycles. The normalized spacial score (nSPS) is 10.8. The molecule has 4 rings (SSSR count). The summed E-state index contributed by atoms with van der Waals surface area (Å²) >= 11 is 3.55. The second-order valence-electron chi connectivity index (χ2n) is 7.49. The number of hydrogen-bond acceptors (Lipinski definition) is 5. The molecule has 4 aromatic carbocycles. The molecule has 0 heterocycles. The number of carboxylic acids is 1. The monoisotopic (exact) mass is 531 g/mol. The van der Waals surface area contributed by atoms with Gasteiger partial charge >= 0.3 is 5.97 Å². The van der Waals surface area contributed by atoms with Crippen LogP contribution in [-0.2, 0) is 6.61 Å². The molecule has 1 N–H and O–H groups in total. The molecular weight excluding hydrogens is 510 g/mol. The van der Waals surface area contributed by atoms with Gasteiger partial charge in [-0.1, -0.05) is 30.3 Å². The number of hydrogen-bond donors (Lipinski definition) is 1. The lowest BCUT2D eigenvalue weighted by Crippen LogP contribution is -2.01. The Morgan fingerprint density at radius 2 is 1.63 bits per heavy atom. The zero-order valence-electron chi connectivity index (χ0n) is 18.9. The van der Waals surface area contributed by atoms with Gasteiger partial charge in [0.05, 0.1) is 22.8 Å². The number of nitrogens with zero attached hydrogens (tertiary/aromatic N) is 1. The van der Waals surface area contributed by atoms with Crippen molar-refractivity contribution in [2.75, 3.05) is 7.11 Å². The molecule has 0 amide bonds. The van der Waals surface area contributed by atoms with Crippen LogP contribution in [0.3, 0.4) is 0 Å². The molecule has 7 heteroatoms. The first-order valence-electron chi connectivity index (χ1n) is 10.7. The van der Waals surface area contributed by atoms with Crippen molar-refractivity contribution in [3.05, 3.63) is 112 Å². The molecule has 6 nitrogen and oxygen atoms in total. The molecule has 0 bridgehead atoms. The van der Waals surface area contributed by atoms with E-state index in [9.17, 15) is 4.79 Å². The average molecular weight is 532 g/mol. The summed E-state index contributed by atoms with van der Waals surface area (Å²) in [6, 6.07) is 27.4. The van der Waals surface area contributed by atoms with E-state index in [1.807, 2.05) is 66.7 Å². The minimum Gasteiger partial charge on any atom is -0.493 e. The van der Waals surface area contributed by atoms with Gasteiger partial charge < -0.3 is 19.3 Å². The van der Waals surface area contributed by atoms with Gasteiger partial charge in [-0.15, -0.1) is 0 Å². The Labute approximate surface area is 211 Å². The van der Waals surface area contributed by atoms with Gasteiger partial charge in [-0.2, -0.15) is 0 Å². The van der Waals surface area contributed by atoms with Gasteiger partial charge in [0, 0.05) is 6.21 Å². The van der Waals surface area contributed by atoms with E-state index >= 15 is 0 Å². The maximum absolute atomic E-state index is 11.0. The first-order valence-corrected chi connectivity index (χ1v) is 11.5. The molecule has 0 atom stereocenters. The molecule has 176 valence electrons. The van der Waals surface area contributed by atoms with Crippen molar-refractivity contribution in [3.63, 3.8) is 0 Å². The zero-order chi connectivity index (χ0) is 24.6. The van der Waals surface area contributed by atoms with Gasteiger partial charge in [-0.25, -0.2) is 4.79 Å².